The molecule has 0 aliphatic carbocycles. The van der Waals surface area contributed by atoms with Crippen LogP contribution in [0.15, 0.2) is 36.5 Å². The number of carbonyl (C=O) groups excluding carboxylic acids is 1. The first-order chi connectivity index (χ1) is 14.6. The van der Waals surface area contributed by atoms with Crippen LogP contribution in [0.2, 0.25) is 5.02 Å². The van der Waals surface area contributed by atoms with Crippen LogP contribution in [0.1, 0.15) is 19.5 Å². The molecule has 1 fully saturated rings. The van der Waals surface area contributed by atoms with Crippen molar-refractivity contribution >= 4 is 34.2 Å². The van der Waals surface area contributed by atoms with Crippen molar-refractivity contribution < 1.29 is 9.53 Å². The van der Waals surface area contributed by atoms with E-state index in [1.165, 1.54) is 0 Å². The summed E-state index contributed by atoms with van der Waals surface area (Å²) in [5, 5.41) is 6.06. The van der Waals surface area contributed by atoms with Crippen LogP contribution in [0.4, 0.5) is 5.69 Å². The van der Waals surface area contributed by atoms with E-state index in [0.29, 0.717) is 23.9 Å². The van der Waals surface area contributed by atoms with Crippen LogP contribution in [-0.4, -0.2) is 58.9 Å². The lowest BCUT2D eigenvalue weighted by molar-refractivity contribution is -0.132. The maximum atomic E-state index is 12.8. The normalized spacial score (nSPS) is 13.8. The summed E-state index contributed by atoms with van der Waals surface area (Å²) in [4.78, 5) is 21.3. The molecule has 3 heterocycles. The maximum Gasteiger partial charge on any atom is 0.244 e. The summed E-state index contributed by atoms with van der Waals surface area (Å²) < 4.78 is 7.00. The highest BCUT2D eigenvalue weighted by Crippen LogP contribution is 2.29. The lowest BCUT2D eigenvalue weighted by Crippen LogP contribution is -2.49. The number of piperazine rings is 1. The quantitative estimate of drug-likeness (QED) is 0.631. The summed E-state index contributed by atoms with van der Waals surface area (Å²) in [5.74, 6) is 0.717. The summed E-state index contributed by atoms with van der Waals surface area (Å²) in [6.07, 6.45) is 1.73. The van der Waals surface area contributed by atoms with E-state index in [-0.39, 0.29) is 12.5 Å². The van der Waals surface area contributed by atoms with Crippen molar-refractivity contribution in [1.29, 1.82) is 0 Å². The molecule has 1 aromatic carbocycles. The van der Waals surface area contributed by atoms with Crippen molar-refractivity contribution in [2.75, 3.05) is 38.2 Å². The summed E-state index contributed by atoms with van der Waals surface area (Å²) in [7, 11) is 1.61. The van der Waals surface area contributed by atoms with Crippen LogP contribution < -0.4 is 9.64 Å². The number of amides is 1. The Balaban J connectivity index is 0.00000124. The summed E-state index contributed by atoms with van der Waals surface area (Å²) in [5.41, 5.74) is 2.68. The van der Waals surface area contributed by atoms with Crippen molar-refractivity contribution in [2.45, 2.75) is 27.3 Å². The standard InChI is InChI=1S/C20H22ClN5O2.C2H6/c1-14-16-4-3-7-22-20(16)26(23-14)13-19(27)25-10-8-24(9-11-25)15-5-6-17(21)18(12-15)28-2;1-2/h3-7,12H,8-11,13H2,1-2H3;1-2H3. The number of hydrogen-bond acceptors (Lipinski definition) is 5. The Bertz CT molecular complexity index is 1010. The molecule has 3 aromatic rings. The zero-order valence-electron chi connectivity index (χ0n) is 17.9. The Morgan fingerprint density at radius 3 is 2.60 bits per heavy atom. The van der Waals surface area contributed by atoms with Gasteiger partial charge in [-0.15, -0.1) is 0 Å². The summed E-state index contributed by atoms with van der Waals surface area (Å²) in [6, 6.07) is 9.61. The molecule has 7 nitrogen and oxygen atoms in total. The number of benzene rings is 1. The summed E-state index contributed by atoms with van der Waals surface area (Å²) in [6.45, 7) is 8.98. The highest BCUT2D eigenvalue weighted by Gasteiger charge is 2.23. The van der Waals surface area contributed by atoms with E-state index < -0.39 is 0 Å². The van der Waals surface area contributed by atoms with Gasteiger partial charge in [-0.3, -0.25) is 4.79 Å². The number of aromatic nitrogens is 3. The molecule has 0 radical (unpaired) electrons. The molecule has 1 aliphatic heterocycles. The predicted molar refractivity (Wildman–Crippen MR) is 120 cm³/mol. The number of rotatable bonds is 4. The molecule has 0 atom stereocenters. The van der Waals surface area contributed by atoms with E-state index in [1.807, 2.05) is 56.0 Å². The number of aryl methyl sites for hydroxylation is 1. The SMILES string of the molecule is CC.COc1cc(N2CCN(C(=O)Cn3nc(C)c4cccnc43)CC2)ccc1Cl. The molecule has 0 N–H and O–H groups in total. The molecule has 160 valence electrons. The van der Waals surface area contributed by atoms with Gasteiger partial charge in [-0.1, -0.05) is 25.4 Å². The molecule has 2 aromatic heterocycles. The fourth-order valence-corrected chi connectivity index (χ4v) is 3.76. The largest absolute Gasteiger partial charge is 0.495 e. The van der Waals surface area contributed by atoms with Gasteiger partial charge in [0.1, 0.15) is 12.3 Å². The van der Waals surface area contributed by atoms with Crippen LogP contribution in [0.25, 0.3) is 11.0 Å². The van der Waals surface area contributed by atoms with Crippen LogP contribution in [0.3, 0.4) is 0 Å². The van der Waals surface area contributed by atoms with Crippen molar-refractivity contribution in [3.63, 3.8) is 0 Å². The Morgan fingerprint density at radius 1 is 1.17 bits per heavy atom. The first-order valence-corrected chi connectivity index (χ1v) is 10.6. The lowest BCUT2D eigenvalue weighted by Gasteiger charge is -2.36. The molecule has 0 saturated carbocycles. The van der Waals surface area contributed by atoms with E-state index >= 15 is 0 Å². The van der Waals surface area contributed by atoms with Crippen LogP contribution >= 0.6 is 11.6 Å². The van der Waals surface area contributed by atoms with Gasteiger partial charge in [0, 0.05) is 49.5 Å². The van der Waals surface area contributed by atoms with Gasteiger partial charge < -0.3 is 14.5 Å². The van der Waals surface area contributed by atoms with Crippen LogP contribution in [-0.2, 0) is 11.3 Å². The fraction of sp³-hybridized carbons (Fsp3) is 0.409. The van der Waals surface area contributed by atoms with Gasteiger partial charge in [0.2, 0.25) is 5.91 Å². The maximum absolute atomic E-state index is 12.8. The third kappa shape index (κ3) is 4.51. The Labute approximate surface area is 182 Å². The minimum atomic E-state index is 0.0587. The van der Waals surface area contributed by atoms with Gasteiger partial charge in [-0.2, -0.15) is 5.10 Å². The Morgan fingerprint density at radius 2 is 1.90 bits per heavy atom. The average Bonchev–Trinajstić information content (AvgIpc) is 3.11. The number of carbonyl (C=O) groups is 1. The molecule has 0 spiro atoms. The zero-order chi connectivity index (χ0) is 21.7. The second-order valence-corrected chi connectivity index (χ2v) is 7.21. The number of fused-ring (bicyclic) bond motifs is 1. The van der Waals surface area contributed by atoms with Gasteiger partial charge in [0.05, 0.1) is 17.8 Å². The fourth-order valence-electron chi connectivity index (χ4n) is 3.56. The minimum absolute atomic E-state index is 0.0587. The number of methoxy groups -OCH3 is 1. The second kappa shape index (κ2) is 9.80. The van der Waals surface area contributed by atoms with Gasteiger partial charge >= 0.3 is 0 Å². The molecule has 1 amide bonds. The molecule has 8 heteroatoms. The minimum Gasteiger partial charge on any atom is -0.495 e. The molecule has 4 rings (SSSR count). The molecule has 1 saturated heterocycles. The third-order valence-electron chi connectivity index (χ3n) is 5.11. The number of ether oxygens (including phenoxy) is 1. The number of anilines is 1. The van der Waals surface area contributed by atoms with Crippen molar-refractivity contribution in [3.05, 3.63) is 47.2 Å². The van der Waals surface area contributed by atoms with Crippen molar-refractivity contribution in [1.82, 2.24) is 19.7 Å². The smallest absolute Gasteiger partial charge is 0.244 e. The van der Waals surface area contributed by atoms with Crippen LogP contribution in [0, 0.1) is 6.92 Å². The number of pyridine rings is 1. The zero-order valence-corrected chi connectivity index (χ0v) is 18.7. The van der Waals surface area contributed by atoms with Gasteiger partial charge in [0.15, 0.2) is 5.65 Å². The number of nitrogens with zero attached hydrogens (tertiary/aromatic N) is 5. The first-order valence-electron chi connectivity index (χ1n) is 10.2. The number of halogens is 1. The van der Waals surface area contributed by atoms with Gasteiger partial charge in [0.25, 0.3) is 0 Å². The van der Waals surface area contributed by atoms with E-state index in [2.05, 4.69) is 15.0 Å². The van der Waals surface area contributed by atoms with E-state index in [4.69, 9.17) is 16.3 Å². The molecule has 0 bridgehead atoms. The van der Waals surface area contributed by atoms with E-state index in [1.54, 1.807) is 18.0 Å². The first kappa shape index (κ1) is 21.9. The highest BCUT2D eigenvalue weighted by atomic mass is 35.5. The predicted octanol–water partition coefficient (Wildman–Crippen LogP) is 3.78. The molecule has 30 heavy (non-hydrogen) atoms. The topological polar surface area (TPSA) is 63.5 Å². The van der Waals surface area contributed by atoms with Crippen molar-refractivity contribution in [2.24, 2.45) is 0 Å². The second-order valence-electron chi connectivity index (χ2n) is 6.80. The van der Waals surface area contributed by atoms with Gasteiger partial charge in [-0.25, -0.2) is 9.67 Å². The number of hydrogen-bond donors (Lipinski definition) is 0. The third-order valence-corrected chi connectivity index (χ3v) is 5.42. The average molecular weight is 430 g/mol. The molecular formula is C22H28ClN5O2. The monoisotopic (exact) mass is 429 g/mol. The van der Waals surface area contributed by atoms with E-state index in [9.17, 15) is 4.79 Å². The van der Waals surface area contributed by atoms with Crippen molar-refractivity contribution in [3.8, 4) is 5.75 Å². The highest BCUT2D eigenvalue weighted by molar-refractivity contribution is 6.32. The lowest BCUT2D eigenvalue weighted by atomic mass is 10.2. The van der Waals surface area contributed by atoms with E-state index in [0.717, 1.165) is 35.5 Å². The summed E-state index contributed by atoms with van der Waals surface area (Å²) >= 11 is 6.11. The molecular weight excluding hydrogens is 402 g/mol. The van der Waals surface area contributed by atoms with Crippen LogP contribution in [0.5, 0.6) is 5.75 Å². The Kier molecular flexibility index (Phi) is 7.15. The molecule has 0 unspecified atom stereocenters. The molecule has 1 aliphatic rings. The van der Waals surface area contributed by atoms with Gasteiger partial charge in [-0.05, 0) is 31.2 Å². The Hall–Kier alpha value is -2.80.